The summed E-state index contributed by atoms with van der Waals surface area (Å²) in [5.41, 5.74) is 0. The van der Waals surface area contributed by atoms with Crippen LogP contribution in [0.3, 0.4) is 0 Å². The van der Waals surface area contributed by atoms with Crippen LogP contribution in [0.4, 0.5) is 5.82 Å². The molecule has 2 N–H and O–H groups in total. The van der Waals surface area contributed by atoms with Crippen molar-refractivity contribution in [2.24, 2.45) is 0 Å². The Hall–Kier alpha value is -1.18. The number of aliphatic hydroxyl groups is 1. The normalized spacial score (nSPS) is 17.1. The van der Waals surface area contributed by atoms with E-state index in [0.717, 1.165) is 32.1 Å². The maximum atomic E-state index is 12.8. The van der Waals surface area contributed by atoms with E-state index >= 15 is 0 Å². The van der Waals surface area contributed by atoms with Crippen LogP contribution >= 0.6 is 0 Å². The van der Waals surface area contributed by atoms with Crippen molar-refractivity contribution in [2.45, 2.75) is 43.0 Å². The summed E-state index contributed by atoms with van der Waals surface area (Å²) in [7, 11) is -1.90. The molecule has 1 heterocycles. The van der Waals surface area contributed by atoms with Crippen molar-refractivity contribution in [3.05, 3.63) is 18.3 Å². The minimum absolute atomic E-state index is 0.0119. The first kappa shape index (κ1) is 16.2. The Morgan fingerprint density at radius 2 is 2.10 bits per heavy atom. The van der Waals surface area contributed by atoms with Gasteiger partial charge in [0.1, 0.15) is 5.82 Å². The molecule has 21 heavy (non-hydrogen) atoms. The molecular weight excluding hydrogens is 290 g/mol. The number of aromatic nitrogens is 1. The summed E-state index contributed by atoms with van der Waals surface area (Å²) in [5.74, 6) is 0.517. The van der Waals surface area contributed by atoms with E-state index < -0.39 is 10.0 Å². The van der Waals surface area contributed by atoms with Crippen LogP contribution in [-0.2, 0) is 10.0 Å². The quantitative estimate of drug-likeness (QED) is 0.830. The van der Waals surface area contributed by atoms with Gasteiger partial charge in [-0.3, -0.25) is 0 Å². The van der Waals surface area contributed by atoms with Gasteiger partial charge in [0.15, 0.2) is 0 Å². The predicted octanol–water partition coefficient (Wildman–Crippen LogP) is 1.44. The Balaban J connectivity index is 2.31. The number of nitrogens with zero attached hydrogens (tertiary/aromatic N) is 2. The summed E-state index contributed by atoms with van der Waals surface area (Å²) < 4.78 is 27.2. The van der Waals surface area contributed by atoms with Gasteiger partial charge in [0.05, 0.1) is 11.5 Å². The highest BCUT2D eigenvalue weighted by molar-refractivity contribution is 7.89. The topological polar surface area (TPSA) is 82.5 Å². The first-order valence-electron chi connectivity index (χ1n) is 7.36. The van der Waals surface area contributed by atoms with Gasteiger partial charge in [-0.1, -0.05) is 19.3 Å². The van der Waals surface area contributed by atoms with Gasteiger partial charge < -0.3 is 10.4 Å². The smallest absolute Gasteiger partial charge is 0.243 e. The molecule has 0 atom stereocenters. The first-order valence-corrected chi connectivity index (χ1v) is 8.80. The second-order valence-corrected chi connectivity index (χ2v) is 7.15. The molecule has 0 bridgehead atoms. The number of pyridine rings is 1. The van der Waals surface area contributed by atoms with Crippen LogP contribution in [-0.4, -0.2) is 49.1 Å². The van der Waals surface area contributed by atoms with Gasteiger partial charge in [-0.05, 0) is 18.9 Å². The Morgan fingerprint density at radius 1 is 1.38 bits per heavy atom. The molecule has 1 fully saturated rings. The van der Waals surface area contributed by atoms with Crippen LogP contribution < -0.4 is 5.32 Å². The van der Waals surface area contributed by atoms with Gasteiger partial charge in [0.2, 0.25) is 10.0 Å². The minimum atomic E-state index is -3.60. The van der Waals surface area contributed by atoms with Crippen molar-refractivity contribution >= 4 is 15.8 Å². The zero-order valence-electron chi connectivity index (χ0n) is 12.3. The summed E-state index contributed by atoms with van der Waals surface area (Å²) >= 11 is 0. The van der Waals surface area contributed by atoms with Crippen LogP contribution in [0.25, 0.3) is 0 Å². The molecule has 0 radical (unpaired) electrons. The fraction of sp³-hybridized carbons (Fsp3) is 0.643. The molecule has 1 saturated carbocycles. The SMILES string of the molecule is CNc1cc(S(=O)(=O)N(CCO)C2CCCCC2)ccn1. The fourth-order valence-electron chi connectivity index (χ4n) is 2.81. The fourth-order valence-corrected chi connectivity index (χ4v) is 4.50. The Labute approximate surface area is 126 Å². The lowest BCUT2D eigenvalue weighted by atomic mass is 9.95. The Kier molecular flexibility index (Phi) is 5.55. The Morgan fingerprint density at radius 3 is 2.71 bits per heavy atom. The Bertz CT molecular complexity index is 556. The molecule has 1 aliphatic rings. The van der Waals surface area contributed by atoms with Crippen molar-refractivity contribution in [2.75, 3.05) is 25.5 Å². The van der Waals surface area contributed by atoms with E-state index in [1.807, 2.05) is 0 Å². The number of sulfonamides is 1. The molecule has 0 unspecified atom stereocenters. The van der Waals surface area contributed by atoms with E-state index in [0.29, 0.717) is 5.82 Å². The average molecular weight is 313 g/mol. The lowest BCUT2D eigenvalue weighted by Gasteiger charge is -2.33. The van der Waals surface area contributed by atoms with E-state index in [1.54, 1.807) is 7.05 Å². The van der Waals surface area contributed by atoms with E-state index in [2.05, 4.69) is 10.3 Å². The van der Waals surface area contributed by atoms with Crippen LogP contribution in [0, 0.1) is 0 Å². The van der Waals surface area contributed by atoms with Crippen molar-refractivity contribution < 1.29 is 13.5 Å². The summed E-state index contributed by atoms with van der Waals surface area (Å²) in [5, 5.41) is 12.1. The highest BCUT2D eigenvalue weighted by Crippen LogP contribution is 2.28. The van der Waals surface area contributed by atoms with Crippen LogP contribution in [0.5, 0.6) is 0 Å². The standard InChI is InChI=1S/C14H23N3O3S/c1-15-14-11-13(7-8-16-14)21(19,20)17(9-10-18)12-5-3-2-4-6-12/h7-8,11-12,18H,2-6,9-10H2,1H3,(H,15,16). The first-order chi connectivity index (χ1) is 10.1. The summed E-state index contributed by atoms with van der Waals surface area (Å²) in [4.78, 5) is 4.27. The van der Waals surface area contributed by atoms with Gasteiger partial charge in [-0.25, -0.2) is 13.4 Å². The average Bonchev–Trinajstić information content (AvgIpc) is 2.53. The van der Waals surface area contributed by atoms with Gasteiger partial charge in [-0.2, -0.15) is 4.31 Å². The van der Waals surface area contributed by atoms with E-state index in [9.17, 15) is 13.5 Å². The molecule has 1 aromatic heterocycles. The van der Waals surface area contributed by atoms with Crippen molar-refractivity contribution in [1.82, 2.24) is 9.29 Å². The third kappa shape index (κ3) is 3.72. The van der Waals surface area contributed by atoms with E-state index in [1.165, 1.54) is 22.6 Å². The number of nitrogens with one attached hydrogen (secondary N) is 1. The molecule has 1 aromatic rings. The van der Waals surface area contributed by atoms with E-state index in [4.69, 9.17) is 0 Å². The second-order valence-electron chi connectivity index (χ2n) is 5.26. The number of hydrogen-bond acceptors (Lipinski definition) is 5. The number of aliphatic hydroxyl groups excluding tert-OH is 1. The predicted molar refractivity (Wildman–Crippen MR) is 81.6 cm³/mol. The van der Waals surface area contributed by atoms with Gasteiger partial charge in [-0.15, -0.1) is 0 Å². The lowest BCUT2D eigenvalue weighted by Crippen LogP contribution is -2.43. The molecule has 0 amide bonds. The molecule has 0 spiro atoms. The van der Waals surface area contributed by atoms with Gasteiger partial charge in [0.25, 0.3) is 0 Å². The zero-order chi connectivity index (χ0) is 15.3. The third-order valence-electron chi connectivity index (χ3n) is 3.90. The molecule has 0 saturated heterocycles. The highest BCUT2D eigenvalue weighted by atomic mass is 32.2. The number of anilines is 1. The largest absolute Gasteiger partial charge is 0.395 e. The molecule has 0 aliphatic heterocycles. The maximum absolute atomic E-state index is 12.8. The van der Waals surface area contributed by atoms with Crippen LogP contribution in [0.1, 0.15) is 32.1 Å². The molecule has 2 rings (SSSR count). The number of rotatable bonds is 6. The highest BCUT2D eigenvalue weighted by Gasteiger charge is 2.32. The number of hydrogen-bond donors (Lipinski definition) is 2. The summed E-state index contributed by atoms with van der Waals surface area (Å²) in [6, 6.07) is 3.02. The molecular formula is C14H23N3O3S. The van der Waals surface area contributed by atoms with Crippen molar-refractivity contribution in [3.8, 4) is 0 Å². The molecule has 0 aromatic carbocycles. The molecule has 118 valence electrons. The van der Waals surface area contributed by atoms with Crippen molar-refractivity contribution in [1.29, 1.82) is 0 Å². The van der Waals surface area contributed by atoms with Gasteiger partial charge >= 0.3 is 0 Å². The van der Waals surface area contributed by atoms with Crippen LogP contribution in [0.15, 0.2) is 23.2 Å². The van der Waals surface area contributed by atoms with Gasteiger partial charge in [0, 0.05) is 31.9 Å². The lowest BCUT2D eigenvalue weighted by molar-refractivity contribution is 0.199. The van der Waals surface area contributed by atoms with E-state index in [-0.39, 0.29) is 24.1 Å². The monoisotopic (exact) mass is 313 g/mol. The summed E-state index contributed by atoms with van der Waals surface area (Å²) in [6.45, 7) is -0.0239. The molecule has 1 aliphatic carbocycles. The second kappa shape index (κ2) is 7.20. The molecule has 6 nitrogen and oxygen atoms in total. The maximum Gasteiger partial charge on any atom is 0.243 e. The van der Waals surface area contributed by atoms with Crippen LogP contribution in [0.2, 0.25) is 0 Å². The summed E-state index contributed by atoms with van der Waals surface area (Å²) in [6.07, 6.45) is 6.45. The van der Waals surface area contributed by atoms with Crippen molar-refractivity contribution in [3.63, 3.8) is 0 Å². The zero-order valence-corrected chi connectivity index (χ0v) is 13.1. The minimum Gasteiger partial charge on any atom is -0.395 e. The third-order valence-corrected chi connectivity index (χ3v) is 5.84. The molecule has 7 heteroatoms.